The zero-order valence-electron chi connectivity index (χ0n) is 42.1. The van der Waals surface area contributed by atoms with Crippen molar-refractivity contribution in [2.24, 2.45) is 0 Å². The summed E-state index contributed by atoms with van der Waals surface area (Å²) in [6.45, 7) is 6.34. The van der Waals surface area contributed by atoms with Gasteiger partial charge in [-0.15, -0.1) is 0 Å². The van der Waals surface area contributed by atoms with Crippen molar-refractivity contribution in [2.45, 2.75) is 277 Å². The highest BCUT2D eigenvalue weighted by atomic mass is 16.5. The maximum Gasteiger partial charge on any atom is 0.306 e. The van der Waals surface area contributed by atoms with Gasteiger partial charge in [-0.2, -0.15) is 0 Å². The average Bonchev–Trinajstić information content (AvgIpc) is 3.29. The Morgan fingerprint density at radius 1 is 0.469 bits per heavy atom. The molecule has 0 saturated carbocycles. The molecule has 0 fully saturated rings. The lowest BCUT2D eigenvalue weighted by atomic mass is 10.0. The molecule has 6 heteroatoms. The Labute approximate surface area is 396 Å². The molecule has 1 amide bonds. The van der Waals surface area contributed by atoms with E-state index >= 15 is 0 Å². The van der Waals surface area contributed by atoms with Gasteiger partial charge in [0.15, 0.2) is 0 Å². The minimum absolute atomic E-state index is 0.0477. The molecule has 0 heterocycles. The fourth-order valence-electron chi connectivity index (χ4n) is 8.03. The third-order valence-corrected chi connectivity index (χ3v) is 12.1. The molecule has 370 valence electrons. The van der Waals surface area contributed by atoms with Gasteiger partial charge in [0.2, 0.25) is 5.91 Å². The summed E-state index contributed by atoms with van der Waals surface area (Å²) in [4.78, 5) is 26.2. The van der Waals surface area contributed by atoms with Crippen molar-refractivity contribution >= 4 is 11.9 Å². The average molecular weight is 894 g/mol. The number of hydrogen-bond donors (Lipinski definition) is 3. The Morgan fingerprint density at radius 2 is 0.859 bits per heavy atom. The number of unbranched alkanes of at least 4 members (excludes halogenated alkanes) is 28. The van der Waals surface area contributed by atoms with Crippen LogP contribution in [-0.2, 0) is 14.3 Å². The van der Waals surface area contributed by atoms with Crippen LogP contribution in [0.2, 0.25) is 0 Å². The van der Waals surface area contributed by atoms with Crippen LogP contribution in [0, 0.1) is 0 Å². The minimum Gasteiger partial charge on any atom is -0.462 e. The van der Waals surface area contributed by atoms with Crippen molar-refractivity contribution in [2.75, 3.05) is 6.61 Å². The predicted octanol–water partition coefficient (Wildman–Crippen LogP) is 16.6. The maximum atomic E-state index is 13.2. The van der Waals surface area contributed by atoms with E-state index in [0.717, 1.165) is 83.5 Å². The molecule has 0 aromatic carbocycles. The smallest absolute Gasteiger partial charge is 0.306 e. The summed E-state index contributed by atoms with van der Waals surface area (Å²) in [5.74, 6) is -0.536. The highest BCUT2D eigenvalue weighted by Crippen LogP contribution is 2.18. The van der Waals surface area contributed by atoms with Crippen LogP contribution in [-0.4, -0.2) is 46.9 Å². The van der Waals surface area contributed by atoms with Crippen molar-refractivity contribution in [3.63, 3.8) is 0 Å². The molecule has 0 aliphatic heterocycles. The second kappa shape index (κ2) is 51.3. The molecule has 3 N–H and O–H groups in total. The van der Waals surface area contributed by atoms with E-state index in [1.54, 1.807) is 0 Å². The van der Waals surface area contributed by atoms with Gasteiger partial charge >= 0.3 is 5.97 Å². The van der Waals surface area contributed by atoms with E-state index < -0.39 is 18.2 Å². The van der Waals surface area contributed by atoms with E-state index in [-0.39, 0.29) is 24.9 Å². The number of carbonyl (C=O) groups is 2. The number of aliphatic hydroxyl groups is 2. The molecule has 0 radical (unpaired) electrons. The Bertz CT molecular complexity index is 1190. The molecule has 0 aromatic rings. The maximum absolute atomic E-state index is 13.2. The topological polar surface area (TPSA) is 95.9 Å². The summed E-state index contributed by atoms with van der Waals surface area (Å²) in [7, 11) is 0. The molecule has 0 saturated heterocycles. The third-order valence-electron chi connectivity index (χ3n) is 12.1. The minimum atomic E-state index is -0.802. The highest BCUT2D eigenvalue weighted by Gasteiger charge is 2.24. The van der Waals surface area contributed by atoms with Crippen LogP contribution in [0.25, 0.3) is 0 Å². The van der Waals surface area contributed by atoms with Crippen LogP contribution in [0.1, 0.15) is 258 Å². The summed E-state index contributed by atoms with van der Waals surface area (Å²) in [6.07, 6.45) is 65.3. The summed E-state index contributed by atoms with van der Waals surface area (Å²) in [6, 6.07) is -0.718. The normalized spacial score (nSPS) is 13.8. The SMILES string of the molecule is CC/C=C/C=C/C=C\C=C/C=C/CCCCCC(=O)OC(CCCCC/C=C/CCCCCCCCC)CC(=O)NC(CO)C(O)CCCCCCCCCCCCCCCCCC. The number of carbonyl (C=O) groups excluding carboxylic acids is 2. The molecule has 0 aliphatic rings. The monoisotopic (exact) mass is 894 g/mol. The van der Waals surface area contributed by atoms with Gasteiger partial charge in [-0.1, -0.05) is 248 Å². The lowest BCUT2D eigenvalue weighted by Crippen LogP contribution is -2.46. The van der Waals surface area contributed by atoms with Crippen molar-refractivity contribution in [3.05, 3.63) is 72.9 Å². The molecule has 0 bridgehead atoms. The number of amides is 1. The molecular formula is C58H103NO5. The first-order valence-electron chi connectivity index (χ1n) is 27.2. The van der Waals surface area contributed by atoms with Gasteiger partial charge in [0.1, 0.15) is 6.10 Å². The van der Waals surface area contributed by atoms with E-state index in [1.165, 1.54) is 128 Å². The largest absolute Gasteiger partial charge is 0.462 e. The number of nitrogens with one attached hydrogen (secondary N) is 1. The Balaban J connectivity index is 4.64. The van der Waals surface area contributed by atoms with Crippen LogP contribution in [0.3, 0.4) is 0 Å². The first-order chi connectivity index (χ1) is 31.5. The zero-order chi connectivity index (χ0) is 46.7. The third kappa shape index (κ3) is 45.9. The van der Waals surface area contributed by atoms with E-state index in [4.69, 9.17) is 4.74 Å². The van der Waals surface area contributed by atoms with Gasteiger partial charge in [0.25, 0.3) is 0 Å². The molecule has 3 atom stereocenters. The van der Waals surface area contributed by atoms with Gasteiger partial charge in [0, 0.05) is 6.42 Å². The van der Waals surface area contributed by atoms with Crippen LogP contribution in [0.4, 0.5) is 0 Å². The number of ether oxygens (including phenoxy) is 1. The number of esters is 1. The Kier molecular flexibility index (Phi) is 49.1. The first-order valence-corrected chi connectivity index (χ1v) is 27.2. The molecule has 0 spiro atoms. The Hall–Kier alpha value is -2.70. The summed E-state index contributed by atoms with van der Waals surface area (Å²) in [5, 5.41) is 23.8. The van der Waals surface area contributed by atoms with Crippen LogP contribution in [0.5, 0.6) is 0 Å². The van der Waals surface area contributed by atoms with Gasteiger partial charge < -0.3 is 20.3 Å². The fourth-order valence-corrected chi connectivity index (χ4v) is 8.03. The van der Waals surface area contributed by atoms with Crippen molar-refractivity contribution < 1.29 is 24.5 Å². The van der Waals surface area contributed by atoms with E-state index in [1.807, 2.05) is 36.5 Å². The molecule has 0 aliphatic carbocycles. The van der Waals surface area contributed by atoms with E-state index in [9.17, 15) is 19.8 Å². The highest BCUT2D eigenvalue weighted by molar-refractivity contribution is 5.77. The molecule has 3 unspecified atom stereocenters. The molecule has 64 heavy (non-hydrogen) atoms. The number of aliphatic hydroxyl groups excluding tert-OH is 2. The van der Waals surface area contributed by atoms with Crippen LogP contribution in [0.15, 0.2) is 72.9 Å². The first kappa shape index (κ1) is 61.3. The summed E-state index contributed by atoms with van der Waals surface area (Å²) in [5.41, 5.74) is 0. The summed E-state index contributed by atoms with van der Waals surface area (Å²) < 4.78 is 5.92. The molecular weight excluding hydrogens is 791 g/mol. The van der Waals surface area contributed by atoms with Gasteiger partial charge in [-0.05, 0) is 70.6 Å². The molecule has 6 nitrogen and oxygen atoms in total. The second-order valence-corrected chi connectivity index (χ2v) is 18.4. The molecule has 0 aromatic heterocycles. The van der Waals surface area contributed by atoms with Crippen molar-refractivity contribution in [1.29, 1.82) is 0 Å². The van der Waals surface area contributed by atoms with Gasteiger partial charge in [-0.25, -0.2) is 0 Å². The van der Waals surface area contributed by atoms with Crippen molar-refractivity contribution in [3.8, 4) is 0 Å². The van der Waals surface area contributed by atoms with Gasteiger partial charge in [-0.3, -0.25) is 9.59 Å². The molecule has 0 rings (SSSR count). The second-order valence-electron chi connectivity index (χ2n) is 18.4. The van der Waals surface area contributed by atoms with Gasteiger partial charge in [0.05, 0.1) is 25.2 Å². The zero-order valence-corrected chi connectivity index (χ0v) is 42.1. The van der Waals surface area contributed by atoms with Crippen LogP contribution < -0.4 is 5.32 Å². The number of hydrogen-bond acceptors (Lipinski definition) is 5. The Morgan fingerprint density at radius 3 is 1.34 bits per heavy atom. The fraction of sp³-hybridized carbons (Fsp3) is 0.759. The predicted molar refractivity (Wildman–Crippen MR) is 278 cm³/mol. The lowest BCUT2D eigenvalue weighted by Gasteiger charge is -2.24. The quantitative estimate of drug-likeness (QED) is 0.0245. The number of rotatable bonds is 48. The number of allylic oxidation sites excluding steroid dienone is 12. The summed E-state index contributed by atoms with van der Waals surface area (Å²) >= 11 is 0. The van der Waals surface area contributed by atoms with E-state index in [2.05, 4.69) is 62.5 Å². The standard InChI is InChI=1S/C58H103NO5/c1-4-7-10-13-16-19-22-25-28-30-32-35-38-41-44-47-50-56(61)55(53-60)59-57(62)52-54(49-46-43-40-37-34-31-27-24-21-18-15-12-9-6-3)64-58(63)51-48-45-42-39-36-33-29-26-23-20-17-14-11-8-5-2/h8,11,14,17,20,23,26,29,31,33-34,36,54-56,60-61H,4-7,9-10,12-13,15-16,18-19,21-22,24-25,27-28,30,32,35,37-53H2,1-3H3,(H,59,62)/b11-8+,17-14+,23-20-,29-26-,34-31+,36-33+. The lowest BCUT2D eigenvalue weighted by molar-refractivity contribution is -0.151. The van der Waals surface area contributed by atoms with E-state index in [0.29, 0.717) is 19.3 Å². The van der Waals surface area contributed by atoms with Crippen molar-refractivity contribution in [1.82, 2.24) is 5.32 Å². The van der Waals surface area contributed by atoms with Crippen LogP contribution >= 0.6 is 0 Å².